The Kier molecular flexibility index (Phi) is 5.89. The normalized spacial score (nSPS) is 28.1. The Balaban J connectivity index is 0.00000162. The van der Waals surface area contributed by atoms with E-state index in [2.05, 4.69) is 6.92 Å². The summed E-state index contributed by atoms with van der Waals surface area (Å²) < 4.78 is 5.29. The average Bonchev–Trinajstić information content (AvgIpc) is 2.54. The lowest BCUT2D eigenvalue weighted by Crippen LogP contribution is -2.58. The first kappa shape index (κ1) is 15.7. The molecule has 2 aliphatic rings. The lowest BCUT2D eigenvalue weighted by Gasteiger charge is -2.36. The van der Waals surface area contributed by atoms with Crippen molar-refractivity contribution >= 4 is 18.3 Å². The van der Waals surface area contributed by atoms with Crippen LogP contribution in [0.3, 0.4) is 0 Å². The molecular weight excluding hydrogens is 252 g/mol. The van der Waals surface area contributed by atoms with E-state index in [9.17, 15) is 4.79 Å². The summed E-state index contributed by atoms with van der Waals surface area (Å²) in [6.07, 6.45) is 4.78. The summed E-state index contributed by atoms with van der Waals surface area (Å²) in [6, 6.07) is 0. The highest BCUT2D eigenvalue weighted by Crippen LogP contribution is 2.23. The fraction of sp³-hybridized carbons (Fsp3) is 0.923. The summed E-state index contributed by atoms with van der Waals surface area (Å²) >= 11 is 0. The molecule has 106 valence electrons. The fourth-order valence-electron chi connectivity index (χ4n) is 2.73. The summed E-state index contributed by atoms with van der Waals surface area (Å²) in [6.45, 7) is 5.25. The first-order valence-corrected chi connectivity index (χ1v) is 6.78. The number of rotatable bonds is 1. The molecule has 2 fully saturated rings. The van der Waals surface area contributed by atoms with Crippen LogP contribution in [0.25, 0.3) is 0 Å². The van der Waals surface area contributed by atoms with Crippen LogP contribution in [0.4, 0.5) is 0 Å². The highest BCUT2D eigenvalue weighted by Gasteiger charge is 2.39. The molecule has 0 aromatic carbocycles. The third-order valence-corrected chi connectivity index (χ3v) is 4.11. The van der Waals surface area contributed by atoms with Crippen LogP contribution in [0.2, 0.25) is 0 Å². The molecule has 2 heterocycles. The Morgan fingerprint density at radius 1 is 1.28 bits per heavy atom. The van der Waals surface area contributed by atoms with Crippen molar-refractivity contribution in [3.63, 3.8) is 0 Å². The van der Waals surface area contributed by atoms with Crippen LogP contribution < -0.4 is 5.73 Å². The van der Waals surface area contributed by atoms with Gasteiger partial charge in [-0.15, -0.1) is 12.4 Å². The molecule has 4 nitrogen and oxygen atoms in total. The van der Waals surface area contributed by atoms with Gasteiger partial charge in [0.15, 0.2) is 0 Å². The molecule has 1 amide bonds. The number of likely N-dealkylation sites (tertiary alicyclic amines) is 1. The third-order valence-electron chi connectivity index (χ3n) is 4.11. The van der Waals surface area contributed by atoms with Crippen LogP contribution in [0.1, 0.15) is 39.0 Å². The predicted molar refractivity (Wildman–Crippen MR) is 73.8 cm³/mol. The topological polar surface area (TPSA) is 55.6 Å². The zero-order chi connectivity index (χ0) is 12.3. The van der Waals surface area contributed by atoms with Crippen LogP contribution in [0.5, 0.6) is 0 Å². The maximum atomic E-state index is 12.5. The minimum atomic E-state index is -0.661. The number of nitrogens with zero attached hydrogens (tertiary/aromatic N) is 1. The molecule has 0 spiro atoms. The van der Waals surface area contributed by atoms with Gasteiger partial charge in [-0.25, -0.2) is 0 Å². The summed E-state index contributed by atoms with van der Waals surface area (Å²) in [7, 11) is 0. The molecule has 1 unspecified atom stereocenters. The van der Waals surface area contributed by atoms with Gasteiger partial charge in [-0.05, 0) is 38.0 Å². The van der Waals surface area contributed by atoms with Gasteiger partial charge in [0.05, 0.1) is 5.54 Å². The summed E-state index contributed by atoms with van der Waals surface area (Å²) in [4.78, 5) is 14.5. The van der Waals surface area contributed by atoms with E-state index in [1.54, 1.807) is 0 Å². The van der Waals surface area contributed by atoms with E-state index >= 15 is 0 Å². The van der Waals surface area contributed by atoms with Gasteiger partial charge in [-0.1, -0.05) is 6.92 Å². The SMILES string of the molecule is CC1CCCN(C(=O)C2(N)CCOCC2)CC1.Cl. The van der Waals surface area contributed by atoms with Gasteiger partial charge >= 0.3 is 0 Å². The molecule has 0 bridgehead atoms. The van der Waals surface area contributed by atoms with Crippen molar-refractivity contribution < 1.29 is 9.53 Å². The van der Waals surface area contributed by atoms with Gasteiger partial charge in [-0.2, -0.15) is 0 Å². The number of nitrogens with two attached hydrogens (primary N) is 1. The summed E-state index contributed by atoms with van der Waals surface area (Å²) in [5.41, 5.74) is 5.59. The van der Waals surface area contributed by atoms with Crippen molar-refractivity contribution in [1.29, 1.82) is 0 Å². The Bertz CT molecular complexity index is 280. The van der Waals surface area contributed by atoms with Gasteiger partial charge in [0.25, 0.3) is 0 Å². The van der Waals surface area contributed by atoms with E-state index in [4.69, 9.17) is 10.5 Å². The predicted octanol–water partition coefficient (Wildman–Crippen LogP) is 1.56. The van der Waals surface area contributed by atoms with E-state index in [0.717, 1.165) is 31.8 Å². The van der Waals surface area contributed by atoms with E-state index in [-0.39, 0.29) is 18.3 Å². The largest absolute Gasteiger partial charge is 0.381 e. The first-order valence-electron chi connectivity index (χ1n) is 6.78. The molecule has 2 aliphatic heterocycles. The summed E-state index contributed by atoms with van der Waals surface area (Å²) in [5, 5.41) is 0. The molecule has 18 heavy (non-hydrogen) atoms. The number of amides is 1. The van der Waals surface area contributed by atoms with Crippen LogP contribution in [-0.4, -0.2) is 42.6 Å². The fourth-order valence-corrected chi connectivity index (χ4v) is 2.73. The van der Waals surface area contributed by atoms with E-state index in [1.807, 2.05) is 4.90 Å². The monoisotopic (exact) mass is 276 g/mol. The number of halogens is 1. The van der Waals surface area contributed by atoms with E-state index in [1.165, 1.54) is 6.42 Å². The zero-order valence-corrected chi connectivity index (χ0v) is 12.0. The van der Waals surface area contributed by atoms with Crippen molar-refractivity contribution in [1.82, 2.24) is 4.90 Å². The second-order valence-corrected chi connectivity index (χ2v) is 5.60. The maximum Gasteiger partial charge on any atom is 0.242 e. The second-order valence-electron chi connectivity index (χ2n) is 5.60. The zero-order valence-electron chi connectivity index (χ0n) is 11.2. The van der Waals surface area contributed by atoms with E-state index in [0.29, 0.717) is 26.1 Å². The van der Waals surface area contributed by atoms with Gasteiger partial charge in [0.2, 0.25) is 5.91 Å². The molecule has 2 N–H and O–H groups in total. The van der Waals surface area contributed by atoms with Crippen LogP contribution in [-0.2, 0) is 9.53 Å². The van der Waals surface area contributed by atoms with Crippen molar-refractivity contribution in [2.45, 2.75) is 44.6 Å². The first-order chi connectivity index (χ1) is 8.12. The molecule has 2 saturated heterocycles. The quantitative estimate of drug-likeness (QED) is 0.791. The second kappa shape index (κ2) is 6.73. The average molecular weight is 277 g/mol. The molecule has 0 aliphatic carbocycles. The highest BCUT2D eigenvalue weighted by atomic mass is 35.5. The lowest BCUT2D eigenvalue weighted by molar-refractivity contribution is -0.140. The number of carbonyl (C=O) groups excluding carboxylic acids is 1. The smallest absolute Gasteiger partial charge is 0.242 e. The van der Waals surface area contributed by atoms with Crippen LogP contribution >= 0.6 is 12.4 Å². The van der Waals surface area contributed by atoms with Gasteiger partial charge in [0, 0.05) is 26.3 Å². The molecule has 0 radical (unpaired) electrons. The molecular formula is C13H25ClN2O2. The third kappa shape index (κ3) is 3.59. The minimum absolute atomic E-state index is 0. The van der Waals surface area contributed by atoms with Gasteiger partial charge in [-0.3, -0.25) is 4.79 Å². The standard InChI is InChI=1S/C13H24N2O2.ClH/c1-11-3-2-7-15(8-4-11)12(16)13(14)5-9-17-10-6-13;/h11H,2-10,14H2,1H3;1H. The highest BCUT2D eigenvalue weighted by molar-refractivity contribution is 5.86. The molecule has 0 aromatic heterocycles. The minimum Gasteiger partial charge on any atom is -0.381 e. The Morgan fingerprint density at radius 3 is 2.61 bits per heavy atom. The van der Waals surface area contributed by atoms with Gasteiger partial charge < -0.3 is 15.4 Å². The number of carbonyl (C=O) groups is 1. The molecule has 2 rings (SSSR count). The van der Waals surface area contributed by atoms with Crippen LogP contribution in [0.15, 0.2) is 0 Å². The molecule has 5 heteroatoms. The summed E-state index contributed by atoms with van der Waals surface area (Å²) in [5.74, 6) is 0.881. The Labute approximate surface area is 116 Å². The molecule has 0 saturated carbocycles. The number of hydrogen-bond donors (Lipinski definition) is 1. The van der Waals surface area contributed by atoms with Crippen molar-refractivity contribution in [2.24, 2.45) is 11.7 Å². The van der Waals surface area contributed by atoms with E-state index < -0.39 is 5.54 Å². The van der Waals surface area contributed by atoms with Crippen molar-refractivity contribution in [2.75, 3.05) is 26.3 Å². The lowest BCUT2D eigenvalue weighted by atomic mass is 9.89. The van der Waals surface area contributed by atoms with Crippen molar-refractivity contribution in [3.05, 3.63) is 0 Å². The number of hydrogen-bond acceptors (Lipinski definition) is 3. The van der Waals surface area contributed by atoms with Crippen LogP contribution in [0, 0.1) is 5.92 Å². The van der Waals surface area contributed by atoms with Crippen molar-refractivity contribution in [3.8, 4) is 0 Å². The Morgan fingerprint density at radius 2 is 1.94 bits per heavy atom. The maximum absolute atomic E-state index is 12.5. The molecule has 0 aromatic rings. The molecule has 1 atom stereocenters. The van der Waals surface area contributed by atoms with Gasteiger partial charge in [0.1, 0.15) is 0 Å². The number of ether oxygens (including phenoxy) is 1. The Hall–Kier alpha value is -0.320.